The van der Waals surface area contributed by atoms with Crippen LogP contribution in [-0.4, -0.2) is 42.6 Å². The van der Waals surface area contributed by atoms with Gasteiger partial charge in [0.25, 0.3) is 0 Å². The molecule has 1 rings (SSSR count). The Kier molecular flexibility index (Phi) is 3.69. The molecule has 0 radical (unpaired) electrons. The van der Waals surface area contributed by atoms with Crippen molar-refractivity contribution in [3.8, 4) is 0 Å². The summed E-state index contributed by atoms with van der Waals surface area (Å²) >= 11 is 0. The van der Waals surface area contributed by atoms with E-state index in [0.29, 0.717) is 18.6 Å². The molecule has 1 aliphatic heterocycles. The van der Waals surface area contributed by atoms with E-state index in [2.05, 4.69) is 18.7 Å². The molecule has 0 amide bonds. The van der Waals surface area contributed by atoms with Crippen LogP contribution in [0.15, 0.2) is 0 Å². The van der Waals surface area contributed by atoms with E-state index in [1.807, 2.05) is 0 Å². The Balaban J connectivity index is 2.28. The molecule has 13 heavy (non-hydrogen) atoms. The summed E-state index contributed by atoms with van der Waals surface area (Å²) in [4.78, 5) is 2.31. The lowest BCUT2D eigenvalue weighted by molar-refractivity contribution is -0.0671. The monoisotopic (exact) mass is 185 g/mol. The molecule has 0 bridgehead atoms. The van der Waals surface area contributed by atoms with Crippen molar-refractivity contribution >= 4 is 5.84 Å². The molecule has 0 spiro atoms. The first-order chi connectivity index (χ1) is 6.08. The maximum atomic E-state index is 7.13. The quantitative estimate of drug-likeness (QED) is 0.495. The van der Waals surface area contributed by atoms with Crippen molar-refractivity contribution < 1.29 is 4.74 Å². The number of morpholine rings is 1. The van der Waals surface area contributed by atoms with Crippen molar-refractivity contribution in [3.63, 3.8) is 0 Å². The average Bonchev–Trinajstić information content (AvgIpc) is 1.99. The molecule has 1 saturated heterocycles. The molecule has 1 aliphatic rings. The SMILES string of the molecule is CC1CN(CCC(=N)N)CC(C)O1. The molecule has 0 saturated carbocycles. The van der Waals surface area contributed by atoms with Gasteiger partial charge in [-0.2, -0.15) is 0 Å². The summed E-state index contributed by atoms with van der Waals surface area (Å²) in [6.07, 6.45) is 1.27. The van der Waals surface area contributed by atoms with Crippen LogP contribution in [0.4, 0.5) is 0 Å². The standard InChI is InChI=1S/C9H19N3O/c1-7-5-12(4-3-9(10)11)6-8(2)13-7/h7-8H,3-6H2,1-2H3,(H3,10,11). The highest BCUT2D eigenvalue weighted by Crippen LogP contribution is 2.10. The molecule has 0 aromatic heterocycles. The lowest BCUT2D eigenvalue weighted by atomic mass is 10.2. The molecule has 3 N–H and O–H groups in total. The molecule has 4 heteroatoms. The summed E-state index contributed by atoms with van der Waals surface area (Å²) < 4.78 is 5.60. The molecular formula is C9H19N3O. The molecule has 0 aliphatic carbocycles. The van der Waals surface area contributed by atoms with Gasteiger partial charge in [-0.15, -0.1) is 0 Å². The fourth-order valence-electron chi connectivity index (χ4n) is 1.75. The Bertz CT molecular complexity index is 174. The fourth-order valence-corrected chi connectivity index (χ4v) is 1.75. The molecule has 1 fully saturated rings. The molecule has 0 aromatic rings. The normalized spacial score (nSPS) is 30.3. The predicted octanol–water partition coefficient (Wildman–Crippen LogP) is 0.422. The van der Waals surface area contributed by atoms with E-state index < -0.39 is 0 Å². The maximum Gasteiger partial charge on any atom is 0.0918 e. The summed E-state index contributed by atoms with van der Waals surface area (Å²) in [6, 6.07) is 0. The minimum atomic E-state index is 0.270. The molecule has 0 aromatic carbocycles. The molecular weight excluding hydrogens is 166 g/mol. The third kappa shape index (κ3) is 3.74. The van der Waals surface area contributed by atoms with Gasteiger partial charge in [-0.05, 0) is 13.8 Å². The highest BCUT2D eigenvalue weighted by Gasteiger charge is 2.21. The highest BCUT2D eigenvalue weighted by atomic mass is 16.5. The van der Waals surface area contributed by atoms with Crippen molar-refractivity contribution in [2.75, 3.05) is 19.6 Å². The third-order valence-electron chi connectivity index (χ3n) is 2.19. The van der Waals surface area contributed by atoms with Crippen LogP contribution >= 0.6 is 0 Å². The van der Waals surface area contributed by atoms with Crippen LogP contribution in [0.25, 0.3) is 0 Å². The number of amidine groups is 1. The number of hydrogen-bond acceptors (Lipinski definition) is 3. The van der Waals surface area contributed by atoms with Crippen LogP contribution < -0.4 is 5.73 Å². The maximum absolute atomic E-state index is 7.13. The van der Waals surface area contributed by atoms with Gasteiger partial charge in [0.1, 0.15) is 0 Å². The van der Waals surface area contributed by atoms with Gasteiger partial charge < -0.3 is 10.5 Å². The van der Waals surface area contributed by atoms with Gasteiger partial charge in [-0.3, -0.25) is 10.3 Å². The Morgan fingerprint density at radius 3 is 2.46 bits per heavy atom. The summed E-state index contributed by atoms with van der Waals surface area (Å²) in [5.74, 6) is 0.270. The van der Waals surface area contributed by atoms with Gasteiger partial charge in [0.15, 0.2) is 0 Å². The lowest BCUT2D eigenvalue weighted by Gasteiger charge is -2.35. The first-order valence-corrected chi connectivity index (χ1v) is 4.78. The van der Waals surface area contributed by atoms with Gasteiger partial charge in [0.2, 0.25) is 0 Å². The van der Waals surface area contributed by atoms with Gasteiger partial charge in [0.05, 0.1) is 18.0 Å². The average molecular weight is 185 g/mol. The topological polar surface area (TPSA) is 62.3 Å². The van der Waals surface area contributed by atoms with Crippen LogP contribution in [0.1, 0.15) is 20.3 Å². The smallest absolute Gasteiger partial charge is 0.0918 e. The van der Waals surface area contributed by atoms with Crippen LogP contribution in [0.2, 0.25) is 0 Å². The predicted molar refractivity (Wildman–Crippen MR) is 53.0 cm³/mol. The minimum absolute atomic E-state index is 0.270. The summed E-state index contributed by atoms with van der Waals surface area (Å²) in [7, 11) is 0. The number of nitrogens with two attached hydrogens (primary N) is 1. The van der Waals surface area contributed by atoms with Crippen molar-refractivity contribution in [2.45, 2.75) is 32.5 Å². The second-order valence-electron chi connectivity index (χ2n) is 3.79. The number of hydrogen-bond donors (Lipinski definition) is 2. The fraction of sp³-hybridized carbons (Fsp3) is 0.889. The first-order valence-electron chi connectivity index (χ1n) is 4.78. The zero-order valence-corrected chi connectivity index (χ0v) is 8.42. The van der Waals surface area contributed by atoms with E-state index in [0.717, 1.165) is 19.6 Å². The molecule has 1 heterocycles. The molecule has 76 valence electrons. The number of nitrogens with zero attached hydrogens (tertiary/aromatic N) is 1. The van der Waals surface area contributed by atoms with E-state index in [9.17, 15) is 0 Å². The molecule has 2 unspecified atom stereocenters. The molecule has 4 nitrogen and oxygen atoms in total. The van der Waals surface area contributed by atoms with E-state index in [4.69, 9.17) is 15.9 Å². The number of nitrogens with one attached hydrogen (secondary N) is 1. The number of rotatable bonds is 3. The van der Waals surface area contributed by atoms with E-state index in [1.165, 1.54) is 0 Å². The Labute approximate surface area is 79.6 Å². The van der Waals surface area contributed by atoms with Crippen LogP contribution in [-0.2, 0) is 4.74 Å². The molecule has 2 atom stereocenters. The van der Waals surface area contributed by atoms with E-state index >= 15 is 0 Å². The van der Waals surface area contributed by atoms with Crippen molar-refractivity contribution in [1.82, 2.24) is 4.90 Å². The Morgan fingerprint density at radius 1 is 1.46 bits per heavy atom. The van der Waals surface area contributed by atoms with Gasteiger partial charge >= 0.3 is 0 Å². The van der Waals surface area contributed by atoms with Gasteiger partial charge in [0, 0.05) is 26.1 Å². The zero-order valence-electron chi connectivity index (χ0n) is 8.42. The van der Waals surface area contributed by atoms with Crippen molar-refractivity contribution in [2.24, 2.45) is 5.73 Å². The van der Waals surface area contributed by atoms with Crippen molar-refractivity contribution in [3.05, 3.63) is 0 Å². The first kappa shape index (κ1) is 10.5. The number of ether oxygens (including phenoxy) is 1. The summed E-state index contributed by atoms with van der Waals surface area (Å²) in [6.45, 7) is 6.95. The zero-order chi connectivity index (χ0) is 9.84. The van der Waals surface area contributed by atoms with E-state index in [-0.39, 0.29) is 5.84 Å². The van der Waals surface area contributed by atoms with Crippen molar-refractivity contribution in [1.29, 1.82) is 5.41 Å². The summed E-state index contributed by atoms with van der Waals surface area (Å²) in [5.41, 5.74) is 5.30. The van der Waals surface area contributed by atoms with Crippen LogP contribution in [0, 0.1) is 5.41 Å². The third-order valence-corrected chi connectivity index (χ3v) is 2.19. The van der Waals surface area contributed by atoms with E-state index in [1.54, 1.807) is 0 Å². The second-order valence-corrected chi connectivity index (χ2v) is 3.79. The second kappa shape index (κ2) is 4.58. The Morgan fingerprint density at radius 2 is 2.00 bits per heavy atom. The Hall–Kier alpha value is -0.610. The lowest BCUT2D eigenvalue weighted by Crippen LogP contribution is -2.46. The van der Waals surface area contributed by atoms with Gasteiger partial charge in [-0.25, -0.2) is 0 Å². The summed E-state index contributed by atoms with van der Waals surface area (Å²) in [5, 5.41) is 7.13. The van der Waals surface area contributed by atoms with Crippen LogP contribution in [0.5, 0.6) is 0 Å². The highest BCUT2D eigenvalue weighted by molar-refractivity contribution is 5.76. The largest absolute Gasteiger partial charge is 0.388 e. The van der Waals surface area contributed by atoms with Gasteiger partial charge in [-0.1, -0.05) is 0 Å². The van der Waals surface area contributed by atoms with Crippen LogP contribution in [0.3, 0.4) is 0 Å². The minimum Gasteiger partial charge on any atom is -0.388 e.